The van der Waals surface area contributed by atoms with E-state index in [4.69, 9.17) is 11.6 Å². The van der Waals surface area contributed by atoms with Crippen molar-refractivity contribution in [2.75, 3.05) is 0 Å². The molecule has 0 aromatic heterocycles. The topological polar surface area (TPSA) is 12.4 Å². The molecule has 1 saturated carbocycles. The van der Waals surface area contributed by atoms with Crippen LogP contribution in [-0.4, -0.2) is 6.21 Å². The third-order valence-electron chi connectivity index (χ3n) is 2.74. The highest BCUT2D eigenvalue weighted by Gasteiger charge is 2.46. The number of nitrogens with zero attached hydrogens (tertiary/aromatic N) is 1. The van der Waals surface area contributed by atoms with Gasteiger partial charge < -0.3 is 0 Å². The summed E-state index contributed by atoms with van der Waals surface area (Å²) in [5, 5.41) is 0.781. The van der Waals surface area contributed by atoms with Gasteiger partial charge in [-0.3, -0.25) is 4.99 Å². The molecule has 0 bridgehead atoms. The van der Waals surface area contributed by atoms with E-state index in [1.54, 1.807) is 0 Å². The molecule has 3 rings (SSSR count). The Balaban J connectivity index is 2.24. The molecule has 1 aliphatic heterocycles. The van der Waals surface area contributed by atoms with E-state index in [-0.39, 0.29) is 0 Å². The first-order valence-corrected chi connectivity index (χ1v) is 4.53. The molecule has 1 heterocycles. The maximum atomic E-state index is 5.86. The number of rotatable bonds is 0. The fraction of sp³-hybridized carbons (Fsp3) is 0.300. The zero-order valence-corrected chi connectivity index (χ0v) is 7.30. The van der Waals surface area contributed by atoms with E-state index < -0.39 is 0 Å². The third kappa shape index (κ3) is 0.721. The highest BCUT2D eigenvalue weighted by atomic mass is 35.5. The highest BCUT2D eigenvalue weighted by molar-refractivity contribution is 6.31. The first-order chi connectivity index (χ1) is 5.80. The van der Waals surface area contributed by atoms with Crippen LogP contribution in [0.25, 0.3) is 0 Å². The van der Waals surface area contributed by atoms with E-state index in [0.29, 0.717) is 5.41 Å². The summed E-state index contributed by atoms with van der Waals surface area (Å²) in [5.41, 5.74) is 2.76. The quantitative estimate of drug-likeness (QED) is 0.578. The summed E-state index contributed by atoms with van der Waals surface area (Å²) >= 11 is 5.86. The molecule has 12 heavy (non-hydrogen) atoms. The van der Waals surface area contributed by atoms with Crippen molar-refractivity contribution in [1.82, 2.24) is 0 Å². The molecule has 0 N–H and O–H groups in total. The molecule has 0 unspecified atom stereocenters. The summed E-state index contributed by atoms with van der Waals surface area (Å²) < 4.78 is 0. The number of benzene rings is 1. The Morgan fingerprint density at radius 2 is 2.17 bits per heavy atom. The minimum atomic E-state index is 0.319. The predicted octanol–water partition coefficient (Wildman–Crippen LogP) is 3.09. The molecular formula is C10H8ClN. The van der Waals surface area contributed by atoms with Crippen LogP contribution in [0.1, 0.15) is 18.4 Å². The Labute approximate surface area is 76.1 Å². The van der Waals surface area contributed by atoms with Crippen LogP contribution in [0.15, 0.2) is 23.2 Å². The van der Waals surface area contributed by atoms with Crippen molar-refractivity contribution < 1.29 is 0 Å². The second kappa shape index (κ2) is 1.91. The molecule has 2 aliphatic rings. The van der Waals surface area contributed by atoms with Crippen molar-refractivity contribution >= 4 is 23.5 Å². The van der Waals surface area contributed by atoms with Gasteiger partial charge in [-0.1, -0.05) is 17.7 Å². The van der Waals surface area contributed by atoms with E-state index in [0.717, 1.165) is 10.7 Å². The Morgan fingerprint density at radius 1 is 1.33 bits per heavy atom. The van der Waals surface area contributed by atoms with Gasteiger partial charge in [-0.2, -0.15) is 0 Å². The molecule has 2 heteroatoms. The van der Waals surface area contributed by atoms with Crippen LogP contribution in [-0.2, 0) is 5.41 Å². The number of hydrogen-bond donors (Lipinski definition) is 0. The van der Waals surface area contributed by atoms with Crippen LogP contribution in [0.2, 0.25) is 5.02 Å². The fourth-order valence-corrected chi connectivity index (χ4v) is 1.99. The Hall–Kier alpha value is -0.820. The smallest absolute Gasteiger partial charge is 0.0682 e. The minimum Gasteiger partial charge on any atom is -0.260 e. The summed E-state index contributed by atoms with van der Waals surface area (Å²) in [6, 6.07) is 6.01. The normalized spacial score (nSPS) is 21.4. The van der Waals surface area contributed by atoms with Crippen molar-refractivity contribution in [1.29, 1.82) is 0 Å². The summed E-state index contributed by atoms with van der Waals surface area (Å²) in [4.78, 5) is 4.37. The van der Waals surface area contributed by atoms with Crippen molar-refractivity contribution in [3.05, 3.63) is 28.8 Å². The van der Waals surface area contributed by atoms with Crippen molar-refractivity contribution in [2.45, 2.75) is 18.3 Å². The number of hydrogen-bond acceptors (Lipinski definition) is 1. The van der Waals surface area contributed by atoms with Gasteiger partial charge in [0.15, 0.2) is 0 Å². The van der Waals surface area contributed by atoms with Gasteiger partial charge in [-0.05, 0) is 30.5 Å². The lowest BCUT2D eigenvalue weighted by atomic mass is 9.99. The van der Waals surface area contributed by atoms with Gasteiger partial charge in [0.1, 0.15) is 0 Å². The SMILES string of the molecule is Clc1ccc2c(c1)N=CC21CC1. The van der Waals surface area contributed by atoms with E-state index in [1.807, 2.05) is 12.1 Å². The minimum absolute atomic E-state index is 0.319. The maximum absolute atomic E-state index is 5.86. The number of fused-ring (bicyclic) bond motifs is 2. The Kier molecular flexibility index (Phi) is 1.06. The van der Waals surface area contributed by atoms with E-state index in [2.05, 4.69) is 17.3 Å². The van der Waals surface area contributed by atoms with Gasteiger partial charge in [0.25, 0.3) is 0 Å². The fourth-order valence-electron chi connectivity index (χ4n) is 1.83. The molecule has 1 nitrogen and oxygen atoms in total. The summed E-state index contributed by atoms with van der Waals surface area (Å²) in [7, 11) is 0. The molecular weight excluding hydrogens is 170 g/mol. The van der Waals surface area contributed by atoms with Crippen LogP contribution >= 0.6 is 11.6 Å². The van der Waals surface area contributed by atoms with Crippen LogP contribution in [0.5, 0.6) is 0 Å². The van der Waals surface area contributed by atoms with Gasteiger partial charge >= 0.3 is 0 Å². The summed E-state index contributed by atoms with van der Waals surface area (Å²) in [5.74, 6) is 0. The van der Waals surface area contributed by atoms with Crippen LogP contribution < -0.4 is 0 Å². The number of aliphatic imine (C=N–C) groups is 1. The molecule has 1 fully saturated rings. The van der Waals surface area contributed by atoms with Gasteiger partial charge in [0.2, 0.25) is 0 Å². The van der Waals surface area contributed by atoms with E-state index >= 15 is 0 Å². The van der Waals surface area contributed by atoms with Crippen molar-refractivity contribution in [3.8, 4) is 0 Å². The molecule has 1 aromatic rings. The second-order valence-corrected chi connectivity index (χ2v) is 4.01. The lowest BCUT2D eigenvalue weighted by Crippen LogP contribution is -2.01. The molecule has 1 spiro atoms. The standard InChI is InChI=1S/C10H8ClN/c11-7-1-2-8-9(5-7)12-6-10(8)3-4-10/h1-2,5-6H,3-4H2. The van der Waals surface area contributed by atoms with Gasteiger partial charge in [0.05, 0.1) is 5.69 Å². The molecule has 1 aromatic carbocycles. The lowest BCUT2D eigenvalue weighted by molar-refractivity contribution is 1.01. The maximum Gasteiger partial charge on any atom is 0.0682 e. The largest absolute Gasteiger partial charge is 0.260 e. The first-order valence-electron chi connectivity index (χ1n) is 4.15. The number of halogens is 1. The van der Waals surface area contributed by atoms with Crippen molar-refractivity contribution in [2.24, 2.45) is 4.99 Å². The van der Waals surface area contributed by atoms with Crippen LogP contribution in [0.4, 0.5) is 5.69 Å². The summed E-state index contributed by atoms with van der Waals surface area (Å²) in [6.07, 6.45) is 4.59. The molecule has 0 atom stereocenters. The Morgan fingerprint density at radius 3 is 2.92 bits per heavy atom. The average Bonchev–Trinajstić information content (AvgIpc) is 2.73. The van der Waals surface area contributed by atoms with Crippen LogP contribution in [0.3, 0.4) is 0 Å². The third-order valence-corrected chi connectivity index (χ3v) is 2.97. The predicted molar refractivity (Wildman–Crippen MR) is 50.5 cm³/mol. The molecule has 60 valence electrons. The van der Waals surface area contributed by atoms with Crippen molar-refractivity contribution in [3.63, 3.8) is 0 Å². The molecule has 1 aliphatic carbocycles. The summed E-state index contributed by atoms with van der Waals surface area (Å²) in [6.45, 7) is 0. The van der Waals surface area contributed by atoms with E-state index in [1.165, 1.54) is 18.4 Å². The monoisotopic (exact) mass is 177 g/mol. The zero-order valence-electron chi connectivity index (χ0n) is 6.55. The van der Waals surface area contributed by atoms with Gasteiger partial charge in [-0.15, -0.1) is 0 Å². The van der Waals surface area contributed by atoms with Gasteiger partial charge in [-0.25, -0.2) is 0 Å². The first kappa shape index (κ1) is 6.67. The lowest BCUT2D eigenvalue weighted by Gasteiger charge is -2.04. The van der Waals surface area contributed by atoms with E-state index in [9.17, 15) is 0 Å². The highest BCUT2D eigenvalue weighted by Crippen LogP contribution is 2.53. The molecule has 0 saturated heterocycles. The zero-order chi connectivity index (χ0) is 8.18. The van der Waals surface area contributed by atoms with Gasteiger partial charge in [0, 0.05) is 16.7 Å². The molecule has 0 radical (unpaired) electrons. The molecule has 0 amide bonds. The average molecular weight is 178 g/mol. The Bertz CT molecular complexity index is 377. The second-order valence-electron chi connectivity index (χ2n) is 3.58. The van der Waals surface area contributed by atoms with Crippen LogP contribution in [0, 0.1) is 0 Å².